The molecule has 0 bridgehead atoms. The summed E-state index contributed by atoms with van der Waals surface area (Å²) in [7, 11) is 3.49. The Morgan fingerprint density at radius 2 is 1.83 bits per heavy atom. The number of primary amides is 1. The summed E-state index contributed by atoms with van der Waals surface area (Å²) in [6.45, 7) is 0. The number of hydrogen-bond acceptors (Lipinski definition) is 6. The molecule has 9 heteroatoms. The van der Waals surface area contributed by atoms with Crippen LogP contribution in [0.15, 0.2) is 73.2 Å². The maximum Gasteiger partial charge on any atom is 0.255 e. The van der Waals surface area contributed by atoms with Gasteiger partial charge in [0.2, 0.25) is 0 Å². The van der Waals surface area contributed by atoms with Crippen molar-refractivity contribution in [2.45, 2.75) is 0 Å². The number of carbonyl (C=O) groups is 2. The number of methoxy groups -OCH3 is 1. The molecule has 0 aliphatic rings. The van der Waals surface area contributed by atoms with Crippen LogP contribution in [-0.4, -0.2) is 33.5 Å². The number of nitrogens with zero attached hydrogens (tertiary/aromatic N) is 3. The van der Waals surface area contributed by atoms with Gasteiger partial charge in [0, 0.05) is 41.6 Å². The molecule has 0 saturated heterocycles. The molecule has 0 aliphatic carbocycles. The van der Waals surface area contributed by atoms with E-state index in [0.29, 0.717) is 39.3 Å². The molecule has 0 spiro atoms. The number of amides is 2. The van der Waals surface area contributed by atoms with Crippen LogP contribution in [0.3, 0.4) is 0 Å². The van der Waals surface area contributed by atoms with E-state index in [4.69, 9.17) is 10.5 Å². The van der Waals surface area contributed by atoms with Gasteiger partial charge in [0.25, 0.3) is 11.8 Å². The molecule has 2 heterocycles. The van der Waals surface area contributed by atoms with E-state index in [2.05, 4.69) is 20.6 Å². The second-order valence-electron chi connectivity index (χ2n) is 8.01. The third kappa shape index (κ3) is 4.22. The molecule has 0 fully saturated rings. The fourth-order valence-electron chi connectivity index (χ4n) is 3.92. The number of anilines is 3. The third-order valence-electron chi connectivity index (χ3n) is 5.72. The molecule has 174 valence electrons. The number of hydrogen-bond donors (Lipinski definition) is 3. The summed E-state index contributed by atoms with van der Waals surface area (Å²) in [4.78, 5) is 33.9. The van der Waals surface area contributed by atoms with Crippen LogP contribution in [0.25, 0.3) is 21.9 Å². The summed E-state index contributed by atoms with van der Waals surface area (Å²) in [6, 6.07) is 17.9. The molecule has 3 aromatic carbocycles. The van der Waals surface area contributed by atoms with Gasteiger partial charge in [0.1, 0.15) is 5.75 Å². The van der Waals surface area contributed by atoms with E-state index in [1.165, 1.54) is 6.20 Å². The zero-order valence-corrected chi connectivity index (χ0v) is 19.1. The average molecular weight is 467 g/mol. The molecule has 4 N–H and O–H groups in total. The highest BCUT2D eigenvalue weighted by Gasteiger charge is 2.16. The Hall–Kier alpha value is -4.92. The van der Waals surface area contributed by atoms with Gasteiger partial charge in [0.05, 0.1) is 41.2 Å². The molecule has 5 aromatic rings. The fraction of sp³-hybridized carbons (Fsp3) is 0.0769. The van der Waals surface area contributed by atoms with Crippen molar-refractivity contribution in [1.29, 1.82) is 0 Å². The Bertz CT molecular complexity index is 1610. The maximum atomic E-state index is 13.1. The lowest BCUT2D eigenvalue weighted by Crippen LogP contribution is -2.15. The van der Waals surface area contributed by atoms with Gasteiger partial charge in [-0.2, -0.15) is 0 Å². The van der Waals surface area contributed by atoms with Crippen LogP contribution in [0.5, 0.6) is 5.75 Å². The number of nitrogens with two attached hydrogens (primary N) is 1. The highest BCUT2D eigenvalue weighted by Crippen LogP contribution is 2.31. The first-order chi connectivity index (χ1) is 16.9. The molecule has 0 aliphatic heterocycles. The molecule has 0 unspecified atom stereocenters. The van der Waals surface area contributed by atoms with Crippen molar-refractivity contribution in [3.05, 3.63) is 84.3 Å². The standard InChI is InChI=1S/C26H22N6O3/c1-32-14-29-22-12-17(7-9-23(22)32)31-26(34)15-6-8-21-19(10-15)24(20(13-28-21)25(27)33)30-16-4-3-5-18(11-16)35-2/h3-14H,1-2H3,(H2,27,33)(H,28,30)(H,31,34). The molecular formula is C26H22N6O3. The summed E-state index contributed by atoms with van der Waals surface area (Å²) in [5.41, 5.74) is 10.4. The molecule has 5 rings (SSSR count). The van der Waals surface area contributed by atoms with Crippen molar-refractivity contribution in [2.75, 3.05) is 17.7 Å². The number of benzene rings is 3. The van der Waals surface area contributed by atoms with E-state index >= 15 is 0 Å². The molecule has 2 amide bonds. The first kappa shape index (κ1) is 21.9. The Balaban J connectivity index is 1.53. The van der Waals surface area contributed by atoms with Gasteiger partial charge in [-0.05, 0) is 48.5 Å². The van der Waals surface area contributed by atoms with Crippen molar-refractivity contribution in [3.8, 4) is 5.75 Å². The smallest absolute Gasteiger partial charge is 0.255 e. The highest BCUT2D eigenvalue weighted by atomic mass is 16.5. The van der Waals surface area contributed by atoms with Crippen LogP contribution in [0.1, 0.15) is 20.7 Å². The van der Waals surface area contributed by atoms with Crippen LogP contribution in [0.4, 0.5) is 17.1 Å². The lowest BCUT2D eigenvalue weighted by Gasteiger charge is -2.15. The van der Waals surface area contributed by atoms with Gasteiger partial charge in [0.15, 0.2) is 0 Å². The van der Waals surface area contributed by atoms with Gasteiger partial charge in [-0.3, -0.25) is 14.6 Å². The minimum atomic E-state index is -0.636. The number of rotatable bonds is 6. The SMILES string of the molecule is COc1cccc(Nc2c(C(N)=O)cnc3ccc(C(=O)Nc4ccc5c(c4)ncn5C)cc23)c1. The number of pyridine rings is 1. The van der Waals surface area contributed by atoms with Crippen LogP contribution >= 0.6 is 0 Å². The van der Waals surface area contributed by atoms with E-state index in [1.54, 1.807) is 37.7 Å². The van der Waals surface area contributed by atoms with Gasteiger partial charge in [-0.1, -0.05) is 6.07 Å². The molecular weight excluding hydrogens is 444 g/mol. The summed E-state index contributed by atoms with van der Waals surface area (Å²) >= 11 is 0. The summed E-state index contributed by atoms with van der Waals surface area (Å²) in [5.74, 6) is -0.291. The predicted molar refractivity (Wildman–Crippen MR) is 135 cm³/mol. The van der Waals surface area contributed by atoms with E-state index in [-0.39, 0.29) is 11.5 Å². The number of fused-ring (bicyclic) bond motifs is 2. The number of ether oxygens (including phenoxy) is 1. The van der Waals surface area contributed by atoms with E-state index in [9.17, 15) is 9.59 Å². The molecule has 0 atom stereocenters. The number of imidazole rings is 1. The van der Waals surface area contributed by atoms with Crippen molar-refractivity contribution in [2.24, 2.45) is 12.8 Å². The summed E-state index contributed by atoms with van der Waals surface area (Å²) in [5, 5.41) is 6.74. The van der Waals surface area contributed by atoms with Gasteiger partial charge >= 0.3 is 0 Å². The quantitative estimate of drug-likeness (QED) is 0.344. The zero-order valence-electron chi connectivity index (χ0n) is 19.1. The normalized spacial score (nSPS) is 10.9. The summed E-state index contributed by atoms with van der Waals surface area (Å²) in [6.07, 6.45) is 3.15. The van der Waals surface area contributed by atoms with Gasteiger partial charge < -0.3 is 25.7 Å². The van der Waals surface area contributed by atoms with Crippen LogP contribution in [-0.2, 0) is 7.05 Å². The largest absolute Gasteiger partial charge is 0.497 e. The van der Waals surface area contributed by atoms with Crippen LogP contribution < -0.4 is 21.1 Å². The minimum absolute atomic E-state index is 0.207. The lowest BCUT2D eigenvalue weighted by molar-refractivity contribution is 0.0998. The third-order valence-corrected chi connectivity index (χ3v) is 5.72. The second kappa shape index (κ2) is 8.79. The maximum absolute atomic E-state index is 13.1. The van der Waals surface area contributed by atoms with E-state index < -0.39 is 5.91 Å². The number of aryl methyl sites for hydroxylation is 1. The Kier molecular flexibility index (Phi) is 5.50. The monoisotopic (exact) mass is 466 g/mol. The molecule has 9 nitrogen and oxygen atoms in total. The Morgan fingerprint density at radius 1 is 0.971 bits per heavy atom. The highest BCUT2D eigenvalue weighted by molar-refractivity contribution is 6.11. The van der Waals surface area contributed by atoms with Crippen molar-refractivity contribution in [3.63, 3.8) is 0 Å². The first-order valence-electron chi connectivity index (χ1n) is 10.8. The van der Waals surface area contributed by atoms with Crippen LogP contribution in [0, 0.1) is 0 Å². The number of carbonyl (C=O) groups excluding carboxylic acids is 2. The predicted octanol–water partition coefficient (Wildman–Crippen LogP) is 4.22. The van der Waals surface area contributed by atoms with Gasteiger partial charge in [-0.15, -0.1) is 0 Å². The van der Waals surface area contributed by atoms with E-state index in [1.807, 2.05) is 48.0 Å². The Morgan fingerprint density at radius 3 is 2.63 bits per heavy atom. The van der Waals surface area contributed by atoms with E-state index in [0.717, 1.165) is 11.0 Å². The zero-order chi connectivity index (χ0) is 24.5. The fourth-order valence-corrected chi connectivity index (χ4v) is 3.92. The van der Waals surface area contributed by atoms with Gasteiger partial charge in [-0.25, -0.2) is 4.98 Å². The van der Waals surface area contributed by atoms with Crippen molar-refractivity contribution < 1.29 is 14.3 Å². The number of aromatic nitrogens is 3. The molecule has 0 saturated carbocycles. The summed E-state index contributed by atoms with van der Waals surface area (Å²) < 4.78 is 7.20. The van der Waals surface area contributed by atoms with Crippen molar-refractivity contribution >= 4 is 50.8 Å². The minimum Gasteiger partial charge on any atom is -0.497 e. The molecule has 2 aromatic heterocycles. The number of nitrogens with one attached hydrogen (secondary N) is 2. The van der Waals surface area contributed by atoms with Crippen LogP contribution in [0.2, 0.25) is 0 Å². The second-order valence-corrected chi connectivity index (χ2v) is 8.01. The van der Waals surface area contributed by atoms with Crippen molar-refractivity contribution in [1.82, 2.24) is 14.5 Å². The lowest BCUT2D eigenvalue weighted by atomic mass is 10.0. The molecule has 35 heavy (non-hydrogen) atoms. The molecule has 0 radical (unpaired) electrons. The average Bonchev–Trinajstić information content (AvgIpc) is 3.23. The first-order valence-corrected chi connectivity index (χ1v) is 10.8. The Labute approximate surface area is 200 Å². The topological polar surface area (TPSA) is 124 Å².